The SMILES string of the molecule is CCOC(=O)N1CCN(c2ncnc(NNC(C)(C)C)c2N)CC1. The second-order valence-electron chi connectivity index (χ2n) is 6.63. The largest absolute Gasteiger partial charge is 0.450 e. The summed E-state index contributed by atoms with van der Waals surface area (Å²) in [5.74, 6) is 1.22. The Bertz CT molecular complexity index is 565. The fraction of sp³-hybridized carbons (Fsp3) is 0.667. The van der Waals surface area contributed by atoms with Gasteiger partial charge in [-0.15, -0.1) is 0 Å². The van der Waals surface area contributed by atoms with Crippen LogP contribution in [-0.2, 0) is 4.74 Å². The van der Waals surface area contributed by atoms with Crippen molar-refractivity contribution in [2.75, 3.05) is 48.8 Å². The molecule has 1 fully saturated rings. The van der Waals surface area contributed by atoms with Gasteiger partial charge in [-0.2, -0.15) is 0 Å². The number of nitrogens with one attached hydrogen (secondary N) is 2. The highest BCUT2D eigenvalue weighted by molar-refractivity contribution is 5.75. The molecule has 24 heavy (non-hydrogen) atoms. The van der Waals surface area contributed by atoms with Gasteiger partial charge < -0.3 is 25.7 Å². The van der Waals surface area contributed by atoms with Crippen LogP contribution in [0.1, 0.15) is 27.7 Å². The van der Waals surface area contributed by atoms with Gasteiger partial charge in [0.2, 0.25) is 0 Å². The topological polar surface area (TPSA) is 109 Å². The number of anilines is 3. The highest BCUT2D eigenvalue weighted by Crippen LogP contribution is 2.26. The maximum Gasteiger partial charge on any atom is 0.409 e. The zero-order valence-corrected chi connectivity index (χ0v) is 14.8. The first kappa shape index (κ1) is 18.1. The van der Waals surface area contributed by atoms with Crippen LogP contribution >= 0.6 is 0 Å². The Labute approximate surface area is 142 Å². The van der Waals surface area contributed by atoms with Crippen molar-refractivity contribution >= 4 is 23.4 Å². The number of carbonyl (C=O) groups excluding carboxylic acids is 1. The van der Waals surface area contributed by atoms with Gasteiger partial charge in [-0.1, -0.05) is 0 Å². The molecule has 0 aromatic carbocycles. The summed E-state index contributed by atoms with van der Waals surface area (Å²) in [6, 6.07) is 0. The Balaban J connectivity index is 2.02. The van der Waals surface area contributed by atoms with Gasteiger partial charge in [-0.25, -0.2) is 20.2 Å². The second kappa shape index (κ2) is 7.52. The fourth-order valence-electron chi connectivity index (χ4n) is 2.30. The number of nitrogen functional groups attached to an aromatic ring is 1. The molecule has 1 aliphatic rings. The van der Waals surface area contributed by atoms with Gasteiger partial charge in [0.25, 0.3) is 0 Å². The highest BCUT2D eigenvalue weighted by Gasteiger charge is 2.24. The van der Waals surface area contributed by atoms with Crippen molar-refractivity contribution in [1.82, 2.24) is 20.3 Å². The predicted octanol–water partition coefficient (Wildman–Crippen LogP) is 1.05. The number of nitrogens with zero attached hydrogens (tertiary/aromatic N) is 4. The number of aromatic nitrogens is 2. The van der Waals surface area contributed by atoms with E-state index < -0.39 is 0 Å². The Kier molecular flexibility index (Phi) is 5.66. The third-order valence-corrected chi connectivity index (χ3v) is 3.52. The van der Waals surface area contributed by atoms with Crippen LogP contribution in [0.4, 0.5) is 22.1 Å². The third-order valence-electron chi connectivity index (χ3n) is 3.52. The number of nitrogens with two attached hydrogens (primary N) is 1. The third kappa shape index (κ3) is 4.60. The lowest BCUT2D eigenvalue weighted by atomic mass is 10.1. The van der Waals surface area contributed by atoms with Gasteiger partial charge in [0.05, 0.1) is 6.61 Å². The van der Waals surface area contributed by atoms with E-state index in [1.807, 2.05) is 20.8 Å². The van der Waals surface area contributed by atoms with Crippen LogP contribution in [0, 0.1) is 0 Å². The predicted molar refractivity (Wildman–Crippen MR) is 93.8 cm³/mol. The molecule has 4 N–H and O–H groups in total. The summed E-state index contributed by atoms with van der Waals surface area (Å²) >= 11 is 0. The molecule has 2 rings (SSSR count). The molecule has 134 valence electrons. The second-order valence-corrected chi connectivity index (χ2v) is 6.63. The lowest BCUT2D eigenvalue weighted by molar-refractivity contribution is 0.105. The standard InChI is InChI=1S/C15H27N7O2/c1-5-24-14(23)22-8-6-21(7-9-22)13-11(16)12(17-10-18-13)19-20-15(2,3)4/h10,20H,5-9,16H2,1-4H3,(H,17,18,19). The van der Waals surface area contributed by atoms with E-state index >= 15 is 0 Å². The van der Waals surface area contributed by atoms with E-state index in [2.05, 4.69) is 25.7 Å². The maximum absolute atomic E-state index is 11.8. The number of hydrazine groups is 1. The van der Waals surface area contributed by atoms with Crippen molar-refractivity contribution in [2.24, 2.45) is 0 Å². The monoisotopic (exact) mass is 337 g/mol. The molecule has 1 amide bonds. The first-order chi connectivity index (χ1) is 11.3. The molecule has 0 radical (unpaired) electrons. The van der Waals surface area contributed by atoms with E-state index in [1.54, 1.807) is 11.8 Å². The van der Waals surface area contributed by atoms with Crippen LogP contribution in [0.15, 0.2) is 6.33 Å². The number of hydrogen-bond acceptors (Lipinski definition) is 8. The van der Waals surface area contributed by atoms with Crippen molar-refractivity contribution in [2.45, 2.75) is 33.2 Å². The van der Waals surface area contributed by atoms with E-state index in [4.69, 9.17) is 10.5 Å². The summed E-state index contributed by atoms with van der Waals surface area (Å²) in [5.41, 5.74) is 12.7. The summed E-state index contributed by atoms with van der Waals surface area (Å²) < 4.78 is 5.03. The minimum absolute atomic E-state index is 0.122. The summed E-state index contributed by atoms with van der Waals surface area (Å²) in [7, 11) is 0. The molecule has 0 aliphatic carbocycles. The van der Waals surface area contributed by atoms with Gasteiger partial charge in [-0.3, -0.25) is 0 Å². The Morgan fingerprint density at radius 2 is 1.96 bits per heavy atom. The summed E-state index contributed by atoms with van der Waals surface area (Å²) in [6.07, 6.45) is 1.21. The molecule has 9 nitrogen and oxygen atoms in total. The summed E-state index contributed by atoms with van der Waals surface area (Å²) in [5, 5.41) is 0. The zero-order valence-electron chi connectivity index (χ0n) is 14.8. The molecule has 1 aromatic heterocycles. The maximum atomic E-state index is 11.8. The number of hydrogen-bond donors (Lipinski definition) is 3. The molecule has 1 aliphatic heterocycles. The average molecular weight is 337 g/mol. The van der Waals surface area contributed by atoms with Crippen molar-refractivity contribution in [3.05, 3.63) is 6.33 Å². The molecule has 0 unspecified atom stereocenters. The Morgan fingerprint density at radius 3 is 2.54 bits per heavy atom. The fourth-order valence-corrected chi connectivity index (χ4v) is 2.30. The van der Waals surface area contributed by atoms with Crippen LogP contribution in [0.25, 0.3) is 0 Å². The van der Waals surface area contributed by atoms with Gasteiger partial charge in [0.1, 0.15) is 12.0 Å². The van der Waals surface area contributed by atoms with E-state index in [0.29, 0.717) is 50.1 Å². The minimum atomic E-state index is -0.274. The van der Waals surface area contributed by atoms with Gasteiger partial charge in [0, 0.05) is 31.7 Å². The zero-order chi connectivity index (χ0) is 17.7. The molecular formula is C15H27N7O2. The van der Waals surface area contributed by atoms with Gasteiger partial charge in [-0.05, 0) is 27.7 Å². The minimum Gasteiger partial charge on any atom is -0.450 e. The number of piperazine rings is 1. The Hall–Kier alpha value is -2.29. The summed E-state index contributed by atoms with van der Waals surface area (Å²) in [6.45, 7) is 10.7. The molecule has 0 spiro atoms. The number of amides is 1. The average Bonchev–Trinajstić information content (AvgIpc) is 2.53. The van der Waals surface area contributed by atoms with E-state index in [-0.39, 0.29) is 11.6 Å². The normalized spacial score (nSPS) is 15.3. The Morgan fingerprint density at radius 1 is 1.29 bits per heavy atom. The highest BCUT2D eigenvalue weighted by atomic mass is 16.6. The number of rotatable bonds is 4. The van der Waals surface area contributed by atoms with Crippen LogP contribution in [-0.4, -0.2) is 59.3 Å². The first-order valence-corrected chi connectivity index (χ1v) is 8.12. The number of ether oxygens (including phenoxy) is 1. The molecule has 0 saturated carbocycles. The molecular weight excluding hydrogens is 310 g/mol. The van der Waals surface area contributed by atoms with Crippen LogP contribution in [0.3, 0.4) is 0 Å². The summed E-state index contributed by atoms with van der Waals surface area (Å²) in [4.78, 5) is 24.0. The quantitative estimate of drug-likeness (QED) is 0.700. The van der Waals surface area contributed by atoms with Crippen molar-refractivity contribution in [3.63, 3.8) is 0 Å². The van der Waals surface area contributed by atoms with Crippen molar-refractivity contribution in [1.29, 1.82) is 0 Å². The molecule has 0 bridgehead atoms. The van der Waals surface area contributed by atoms with Crippen LogP contribution in [0.2, 0.25) is 0 Å². The molecule has 1 aromatic rings. The van der Waals surface area contributed by atoms with E-state index in [0.717, 1.165) is 0 Å². The first-order valence-electron chi connectivity index (χ1n) is 8.12. The molecule has 1 saturated heterocycles. The van der Waals surface area contributed by atoms with E-state index in [1.165, 1.54) is 6.33 Å². The molecule has 0 atom stereocenters. The van der Waals surface area contributed by atoms with Gasteiger partial charge >= 0.3 is 6.09 Å². The van der Waals surface area contributed by atoms with Crippen LogP contribution < -0.4 is 21.5 Å². The van der Waals surface area contributed by atoms with Crippen LogP contribution in [0.5, 0.6) is 0 Å². The van der Waals surface area contributed by atoms with Crippen molar-refractivity contribution in [3.8, 4) is 0 Å². The lowest BCUT2D eigenvalue weighted by Crippen LogP contribution is -2.49. The molecule has 9 heteroatoms. The van der Waals surface area contributed by atoms with E-state index in [9.17, 15) is 4.79 Å². The number of carbonyl (C=O) groups is 1. The molecule has 2 heterocycles. The smallest absolute Gasteiger partial charge is 0.409 e. The lowest BCUT2D eigenvalue weighted by Gasteiger charge is -2.35. The van der Waals surface area contributed by atoms with Crippen molar-refractivity contribution < 1.29 is 9.53 Å². The van der Waals surface area contributed by atoms with Gasteiger partial charge in [0.15, 0.2) is 11.6 Å².